The van der Waals surface area contributed by atoms with E-state index in [1.165, 1.54) is 70.6 Å². The molecular weight excluding hydrogens is 312 g/mol. The molecule has 0 rings (SSSR count). The van der Waals surface area contributed by atoms with Gasteiger partial charge >= 0.3 is 5.97 Å². The van der Waals surface area contributed by atoms with Gasteiger partial charge in [-0.25, -0.2) is 0 Å². The molecule has 0 aliphatic rings. The van der Waals surface area contributed by atoms with Crippen LogP contribution in [0, 0.1) is 0 Å². The maximum Gasteiger partial charge on any atom is 0.306 e. The van der Waals surface area contributed by atoms with E-state index in [1.54, 1.807) is 7.11 Å². The average Bonchev–Trinajstić information content (AvgIpc) is 2.58. The van der Waals surface area contributed by atoms with Gasteiger partial charge in [0.1, 0.15) is 6.10 Å². The zero-order valence-corrected chi connectivity index (χ0v) is 17.1. The second-order valence-electron chi connectivity index (χ2n) is 7.09. The van der Waals surface area contributed by atoms with Gasteiger partial charge in [0.05, 0.1) is 6.61 Å². The Morgan fingerprint density at radius 2 is 1.36 bits per heavy atom. The van der Waals surface area contributed by atoms with Gasteiger partial charge in [0, 0.05) is 13.5 Å². The molecule has 0 aromatic heterocycles. The number of hydrogen-bond donors (Lipinski definition) is 0. The van der Waals surface area contributed by atoms with Gasteiger partial charge in [-0.2, -0.15) is 0 Å². The van der Waals surface area contributed by atoms with E-state index >= 15 is 0 Å². The van der Waals surface area contributed by atoms with Gasteiger partial charge in [0.25, 0.3) is 0 Å². The smallest absolute Gasteiger partial charge is 0.306 e. The second kappa shape index (κ2) is 19.5. The van der Waals surface area contributed by atoms with Crippen LogP contribution >= 0.6 is 0 Å². The molecule has 148 valence electrons. The lowest BCUT2D eigenvalue weighted by atomic mass is 10.1. The van der Waals surface area contributed by atoms with Crippen LogP contribution in [0.4, 0.5) is 0 Å². The van der Waals surface area contributed by atoms with E-state index in [1.807, 2.05) is 6.92 Å². The lowest BCUT2D eigenvalue weighted by Crippen LogP contribution is -2.19. The normalized spacial score (nSPS) is 12.6. The molecule has 25 heavy (non-hydrogen) atoms. The van der Waals surface area contributed by atoms with Crippen molar-refractivity contribution < 1.29 is 14.3 Å². The first-order valence-electron chi connectivity index (χ1n) is 10.5. The van der Waals surface area contributed by atoms with Crippen molar-refractivity contribution in [2.45, 2.75) is 110 Å². The van der Waals surface area contributed by atoms with Crippen LogP contribution in [0.1, 0.15) is 104 Å². The van der Waals surface area contributed by atoms with Crippen LogP contribution in [-0.2, 0) is 14.3 Å². The van der Waals surface area contributed by atoms with Crippen molar-refractivity contribution in [3.05, 3.63) is 12.2 Å². The van der Waals surface area contributed by atoms with Crippen molar-refractivity contribution >= 4 is 5.97 Å². The largest absolute Gasteiger partial charge is 0.460 e. The quantitative estimate of drug-likeness (QED) is 0.158. The maximum atomic E-state index is 11.6. The number of allylic oxidation sites excluding steroid dienone is 2. The third-order valence-corrected chi connectivity index (χ3v) is 4.38. The number of carbonyl (C=O) groups is 1. The molecule has 0 aromatic rings. The molecule has 1 unspecified atom stereocenters. The molecular formula is C22H42O3. The first-order valence-corrected chi connectivity index (χ1v) is 10.5. The van der Waals surface area contributed by atoms with Crippen molar-refractivity contribution in [2.24, 2.45) is 0 Å². The van der Waals surface area contributed by atoms with E-state index in [0.717, 1.165) is 12.8 Å². The number of methoxy groups -OCH3 is 1. The van der Waals surface area contributed by atoms with Gasteiger partial charge in [-0.3, -0.25) is 4.79 Å². The zero-order chi connectivity index (χ0) is 18.6. The number of carbonyl (C=O) groups excluding carboxylic acids is 1. The van der Waals surface area contributed by atoms with E-state index in [2.05, 4.69) is 19.1 Å². The topological polar surface area (TPSA) is 35.5 Å². The Balaban J connectivity index is 3.25. The predicted octanol–water partition coefficient (Wildman–Crippen LogP) is 6.60. The van der Waals surface area contributed by atoms with Gasteiger partial charge in [-0.05, 0) is 39.0 Å². The predicted molar refractivity (Wildman–Crippen MR) is 107 cm³/mol. The Morgan fingerprint density at radius 3 is 1.92 bits per heavy atom. The third kappa shape index (κ3) is 19.3. The molecule has 0 saturated heterocycles. The molecule has 3 nitrogen and oxygen atoms in total. The number of hydrogen-bond acceptors (Lipinski definition) is 3. The number of rotatable bonds is 18. The second-order valence-corrected chi connectivity index (χ2v) is 7.09. The monoisotopic (exact) mass is 354 g/mol. The highest BCUT2D eigenvalue weighted by Crippen LogP contribution is 2.10. The summed E-state index contributed by atoms with van der Waals surface area (Å²) in [5.74, 6) is -0.0952. The van der Waals surface area contributed by atoms with Crippen LogP contribution in [0.5, 0.6) is 0 Å². The SMILES string of the molecule is CCCCCCCC/C=C\CCCCCCCC(=O)OC(C)COC. The van der Waals surface area contributed by atoms with E-state index in [4.69, 9.17) is 9.47 Å². The summed E-state index contributed by atoms with van der Waals surface area (Å²) in [4.78, 5) is 11.6. The highest BCUT2D eigenvalue weighted by molar-refractivity contribution is 5.69. The van der Waals surface area contributed by atoms with Gasteiger partial charge in [-0.1, -0.05) is 70.4 Å². The number of unbranched alkanes of at least 4 members (excludes halogenated alkanes) is 11. The van der Waals surface area contributed by atoms with Crippen LogP contribution < -0.4 is 0 Å². The summed E-state index contributed by atoms with van der Waals surface area (Å²) in [5, 5.41) is 0. The summed E-state index contributed by atoms with van der Waals surface area (Å²) < 4.78 is 10.2. The average molecular weight is 355 g/mol. The summed E-state index contributed by atoms with van der Waals surface area (Å²) in [6.07, 6.45) is 21.6. The lowest BCUT2D eigenvalue weighted by Gasteiger charge is -2.11. The molecule has 0 fully saturated rings. The number of esters is 1. The summed E-state index contributed by atoms with van der Waals surface area (Å²) >= 11 is 0. The molecule has 0 heterocycles. The zero-order valence-electron chi connectivity index (χ0n) is 17.1. The van der Waals surface area contributed by atoms with E-state index < -0.39 is 0 Å². The third-order valence-electron chi connectivity index (χ3n) is 4.38. The van der Waals surface area contributed by atoms with E-state index in [0.29, 0.717) is 13.0 Å². The number of ether oxygens (including phenoxy) is 2. The van der Waals surface area contributed by atoms with E-state index in [9.17, 15) is 4.79 Å². The Bertz CT molecular complexity index is 312. The summed E-state index contributed by atoms with van der Waals surface area (Å²) in [5.41, 5.74) is 0. The molecule has 0 spiro atoms. The summed E-state index contributed by atoms with van der Waals surface area (Å²) in [7, 11) is 1.62. The fourth-order valence-electron chi connectivity index (χ4n) is 2.89. The summed E-state index contributed by atoms with van der Waals surface area (Å²) in [6, 6.07) is 0. The molecule has 0 bridgehead atoms. The molecule has 0 aliphatic carbocycles. The van der Waals surface area contributed by atoms with Crippen molar-refractivity contribution in [1.82, 2.24) is 0 Å². The Hall–Kier alpha value is -0.830. The minimum atomic E-state index is -0.138. The van der Waals surface area contributed by atoms with Crippen molar-refractivity contribution in [1.29, 1.82) is 0 Å². The first kappa shape index (κ1) is 24.2. The van der Waals surface area contributed by atoms with Gasteiger partial charge in [-0.15, -0.1) is 0 Å². The summed E-state index contributed by atoms with van der Waals surface area (Å²) in [6.45, 7) is 4.60. The molecule has 0 amide bonds. The first-order chi connectivity index (χ1) is 12.2. The van der Waals surface area contributed by atoms with Crippen molar-refractivity contribution in [2.75, 3.05) is 13.7 Å². The fraction of sp³-hybridized carbons (Fsp3) is 0.864. The Morgan fingerprint density at radius 1 is 0.840 bits per heavy atom. The molecule has 0 N–H and O–H groups in total. The van der Waals surface area contributed by atoms with E-state index in [-0.39, 0.29) is 12.1 Å². The molecule has 3 heteroatoms. The highest BCUT2D eigenvalue weighted by atomic mass is 16.6. The van der Waals surface area contributed by atoms with Crippen LogP contribution in [0.3, 0.4) is 0 Å². The molecule has 0 aromatic carbocycles. The van der Waals surface area contributed by atoms with Gasteiger partial charge in [0.15, 0.2) is 0 Å². The minimum absolute atomic E-state index is 0.0952. The van der Waals surface area contributed by atoms with Crippen molar-refractivity contribution in [3.63, 3.8) is 0 Å². The molecule has 0 saturated carbocycles. The minimum Gasteiger partial charge on any atom is -0.460 e. The molecule has 0 aliphatic heterocycles. The fourth-order valence-corrected chi connectivity index (χ4v) is 2.89. The van der Waals surface area contributed by atoms with Gasteiger partial charge in [0.2, 0.25) is 0 Å². The van der Waals surface area contributed by atoms with Crippen LogP contribution in [0.25, 0.3) is 0 Å². The standard InChI is InChI=1S/C22H42O3/c1-4-5-6-7-8-9-10-11-12-13-14-15-16-17-18-19-22(23)25-21(2)20-24-3/h11-12,21H,4-10,13-20H2,1-3H3/b12-11-. The maximum absolute atomic E-state index is 11.6. The van der Waals surface area contributed by atoms with Crippen LogP contribution in [0.2, 0.25) is 0 Å². The van der Waals surface area contributed by atoms with Crippen molar-refractivity contribution in [3.8, 4) is 0 Å². The Labute approximate surface area is 156 Å². The van der Waals surface area contributed by atoms with Crippen LogP contribution in [0.15, 0.2) is 12.2 Å². The molecule has 1 atom stereocenters. The van der Waals surface area contributed by atoms with Gasteiger partial charge < -0.3 is 9.47 Å². The Kier molecular flexibility index (Phi) is 18.8. The van der Waals surface area contributed by atoms with Crippen LogP contribution in [-0.4, -0.2) is 25.8 Å². The molecule has 0 radical (unpaired) electrons. The highest BCUT2D eigenvalue weighted by Gasteiger charge is 2.08. The lowest BCUT2D eigenvalue weighted by molar-refractivity contribution is -0.150.